The monoisotopic (exact) mass is 333 g/mol. The van der Waals surface area contributed by atoms with Crippen molar-refractivity contribution in [3.8, 4) is 0 Å². The van der Waals surface area contributed by atoms with Crippen molar-refractivity contribution >= 4 is 31.2 Å². The fraction of sp³-hybridized carbons (Fsp3) is 0.500. The molecule has 0 radical (unpaired) electrons. The average molecular weight is 333 g/mol. The first kappa shape index (κ1) is 16.1. The summed E-state index contributed by atoms with van der Waals surface area (Å²) in [5, 5.41) is 8.35. The minimum absolute atomic E-state index is 0.0200. The van der Waals surface area contributed by atoms with Crippen LogP contribution in [0, 0.1) is 6.92 Å². The minimum Gasteiger partial charge on any atom is -0.399 e. The first-order valence-corrected chi connectivity index (χ1v) is 9.85. The fourth-order valence-electron chi connectivity index (χ4n) is 2.41. The molecule has 7 nitrogen and oxygen atoms in total. The largest absolute Gasteiger partial charge is 0.399 e. The van der Waals surface area contributed by atoms with Gasteiger partial charge in [-0.1, -0.05) is 0 Å². The van der Waals surface area contributed by atoms with E-state index in [0.717, 1.165) is 0 Å². The summed E-state index contributed by atoms with van der Waals surface area (Å²) in [6.07, 6.45) is 0.975. The predicted molar refractivity (Wildman–Crippen MR) is 82.3 cm³/mol. The lowest BCUT2D eigenvalue weighted by molar-refractivity contribution is 0.559. The van der Waals surface area contributed by atoms with Crippen LogP contribution in [0.2, 0.25) is 0 Å². The van der Waals surface area contributed by atoms with Gasteiger partial charge in [-0.3, -0.25) is 0 Å². The highest BCUT2D eigenvalue weighted by molar-refractivity contribution is 7.91. The Balaban J connectivity index is 2.27. The highest BCUT2D eigenvalue weighted by Gasteiger charge is 2.24. The van der Waals surface area contributed by atoms with Crippen molar-refractivity contribution in [2.75, 3.05) is 22.6 Å². The molecule has 0 saturated carbocycles. The topological polar surface area (TPSA) is 132 Å². The molecule has 21 heavy (non-hydrogen) atoms. The van der Waals surface area contributed by atoms with Crippen molar-refractivity contribution in [1.82, 2.24) is 0 Å². The van der Waals surface area contributed by atoms with Crippen LogP contribution in [0.15, 0.2) is 17.0 Å². The van der Waals surface area contributed by atoms with E-state index in [0.29, 0.717) is 24.1 Å². The van der Waals surface area contributed by atoms with Gasteiger partial charge in [-0.15, -0.1) is 0 Å². The number of sulfonamides is 1. The fourth-order valence-corrected chi connectivity index (χ4v) is 4.74. The first-order chi connectivity index (χ1) is 9.58. The molecule has 9 heteroatoms. The van der Waals surface area contributed by atoms with Crippen molar-refractivity contribution in [3.05, 3.63) is 17.7 Å². The smallest absolute Gasteiger partial charge is 0.238 e. The van der Waals surface area contributed by atoms with Crippen molar-refractivity contribution in [3.63, 3.8) is 0 Å². The van der Waals surface area contributed by atoms with Crippen molar-refractivity contribution in [2.45, 2.75) is 30.7 Å². The van der Waals surface area contributed by atoms with Crippen LogP contribution in [0.4, 0.5) is 11.4 Å². The highest BCUT2D eigenvalue weighted by atomic mass is 32.2. The van der Waals surface area contributed by atoms with Gasteiger partial charge < -0.3 is 11.1 Å². The minimum atomic E-state index is -3.85. The molecule has 0 aromatic heterocycles. The Kier molecular flexibility index (Phi) is 4.18. The van der Waals surface area contributed by atoms with Crippen LogP contribution in [0.1, 0.15) is 18.4 Å². The van der Waals surface area contributed by atoms with Crippen LogP contribution in [0.25, 0.3) is 0 Å². The normalized spacial score (nSPS) is 19.3. The third-order valence-corrected chi connectivity index (χ3v) is 6.36. The van der Waals surface area contributed by atoms with Gasteiger partial charge >= 0.3 is 0 Å². The molecule has 1 aliphatic heterocycles. The lowest BCUT2D eigenvalue weighted by atomic mass is 10.1. The van der Waals surface area contributed by atoms with Gasteiger partial charge in [-0.2, -0.15) is 0 Å². The Bertz CT molecular complexity index is 743. The summed E-state index contributed by atoms with van der Waals surface area (Å²) in [4.78, 5) is -0.0200. The summed E-state index contributed by atoms with van der Waals surface area (Å²) in [6.45, 7) is 1.64. The van der Waals surface area contributed by atoms with Crippen molar-refractivity contribution < 1.29 is 16.8 Å². The Hall–Kier alpha value is -1.32. The molecule has 0 aliphatic carbocycles. The van der Waals surface area contributed by atoms with E-state index in [2.05, 4.69) is 5.32 Å². The molecule has 0 amide bonds. The zero-order chi connectivity index (χ0) is 15.8. The summed E-state index contributed by atoms with van der Waals surface area (Å²) >= 11 is 0. The summed E-state index contributed by atoms with van der Waals surface area (Å²) in [5.41, 5.74) is 7.06. The van der Waals surface area contributed by atoms with Gasteiger partial charge in [0.25, 0.3) is 0 Å². The van der Waals surface area contributed by atoms with Gasteiger partial charge in [-0.05, 0) is 37.5 Å². The summed E-state index contributed by atoms with van der Waals surface area (Å²) < 4.78 is 45.9. The lowest BCUT2D eigenvalue weighted by Crippen LogP contribution is -2.32. The number of hydrogen-bond acceptors (Lipinski definition) is 6. The number of nitrogens with one attached hydrogen (secondary N) is 1. The van der Waals surface area contributed by atoms with Gasteiger partial charge in [0.1, 0.15) is 9.84 Å². The quantitative estimate of drug-likeness (QED) is 0.678. The highest BCUT2D eigenvalue weighted by Crippen LogP contribution is 2.28. The molecule has 0 unspecified atom stereocenters. The SMILES string of the molecule is Cc1c(NC2CCS(=O)(=O)CC2)cc(N)cc1S(N)(=O)=O. The Morgan fingerprint density at radius 1 is 1.24 bits per heavy atom. The Labute approximate surface area is 124 Å². The number of hydrogen-bond donors (Lipinski definition) is 3. The second-order valence-corrected chi connectivity index (χ2v) is 9.14. The van der Waals surface area contributed by atoms with Crippen LogP contribution in [-0.4, -0.2) is 34.4 Å². The van der Waals surface area contributed by atoms with E-state index < -0.39 is 19.9 Å². The lowest BCUT2D eigenvalue weighted by Gasteiger charge is -2.25. The van der Waals surface area contributed by atoms with Gasteiger partial charge in [0, 0.05) is 17.4 Å². The molecule has 1 aromatic carbocycles. The summed E-state index contributed by atoms with van der Waals surface area (Å²) in [7, 11) is -6.79. The van der Waals surface area contributed by atoms with Gasteiger partial charge in [0.2, 0.25) is 10.0 Å². The molecule has 1 fully saturated rings. The van der Waals surface area contributed by atoms with Crippen LogP contribution >= 0.6 is 0 Å². The van der Waals surface area contributed by atoms with Crippen molar-refractivity contribution in [2.24, 2.45) is 5.14 Å². The number of benzene rings is 1. The van der Waals surface area contributed by atoms with E-state index in [4.69, 9.17) is 10.9 Å². The van der Waals surface area contributed by atoms with E-state index in [9.17, 15) is 16.8 Å². The maximum Gasteiger partial charge on any atom is 0.238 e. The molecule has 1 aromatic rings. The number of anilines is 2. The summed E-state index contributed by atoms with van der Waals surface area (Å²) in [5.74, 6) is 0.266. The Morgan fingerprint density at radius 3 is 2.33 bits per heavy atom. The van der Waals surface area contributed by atoms with Gasteiger partial charge in [0.15, 0.2) is 0 Å². The second kappa shape index (κ2) is 5.47. The van der Waals surface area contributed by atoms with E-state index in [1.807, 2.05) is 0 Å². The molecule has 1 aliphatic rings. The number of primary sulfonamides is 1. The van der Waals surface area contributed by atoms with E-state index >= 15 is 0 Å². The Morgan fingerprint density at radius 2 is 1.81 bits per heavy atom. The van der Waals surface area contributed by atoms with Crippen molar-refractivity contribution in [1.29, 1.82) is 0 Å². The first-order valence-electron chi connectivity index (χ1n) is 6.48. The zero-order valence-corrected chi connectivity index (χ0v) is 13.3. The third-order valence-electron chi connectivity index (χ3n) is 3.60. The molecule has 0 atom stereocenters. The molecule has 2 rings (SSSR count). The van der Waals surface area contributed by atoms with Gasteiger partial charge in [-0.25, -0.2) is 22.0 Å². The molecular weight excluding hydrogens is 314 g/mol. The number of nitrogen functional groups attached to an aromatic ring is 1. The molecule has 118 valence electrons. The number of rotatable bonds is 3. The molecule has 5 N–H and O–H groups in total. The van der Waals surface area contributed by atoms with Crippen LogP contribution in [-0.2, 0) is 19.9 Å². The molecular formula is C12H19N3O4S2. The molecule has 1 heterocycles. The summed E-state index contributed by atoms with van der Waals surface area (Å²) in [6, 6.07) is 2.93. The maximum absolute atomic E-state index is 11.6. The van der Waals surface area contributed by atoms with E-state index in [1.165, 1.54) is 6.07 Å². The predicted octanol–water partition coefficient (Wildman–Crippen LogP) is 0.214. The number of nitrogens with two attached hydrogens (primary N) is 2. The zero-order valence-electron chi connectivity index (χ0n) is 11.7. The van der Waals surface area contributed by atoms with Crippen LogP contribution in [0.3, 0.4) is 0 Å². The third kappa shape index (κ3) is 3.86. The molecule has 0 bridgehead atoms. The molecule has 0 spiro atoms. The molecule has 1 saturated heterocycles. The second-order valence-electron chi connectivity index (χ2n) is 5.31. The number of sulfone groups is 1. The maximum atomic E-state index is 11.6. The van der Waals surface area contributed by atoms with Gasteiger partial charge in [0.05, 0.1) is 16.4 Å². The average Bonchev–Trinajstić information content (AvgIpc) is 2.34. The van der Waals surface area contributed by atoms with Crippen LogP contribution < -0.4 is 16.2 Å². The van der Waals surface area contributed by atoms with E-state index in [1.54, 1.807) is 13.0 Å². The standard InChI is InChI=1S/C12H19N3O4S2/c1-8-11(6-9(13)7-12(8)21(14,18)19)15-10-2-4-20(16,17)5-3-10/h6-7,10,15H,2-5,13H2,1H3,(H2,14,18,19). The van der Waals surface area contributed by atoms with Crippen LogP contribution in [0.5, 0.6) is 0 Å². The van der Waals surface area contributed by atoms with E-state index in [-0.39, 0.29) is 28.1 Å².